The van der Waals surface area contributed by atoms with Crippen LogP contribution in [0.5, 0.6) is 0 Å². The van der Waals surface area contributed by atoms with Gasteiger partial charge in [-0.05, 0) is 25.5 Å². The van der Waals surface area contributed by atoms with E-state index in [1.165, 1.54) is 9.47 Å². The van der Waals surface area contributed by atoms with Crippen LogP contribution in [0.4, 0.5) is 11.5 Å². The number of fused-ring (bicyclic) bond motifs is 1. The molecule has 2 aromatic heterocycles. The number of nitrogen functional groups attached to an aromatic ring is 1. The number of pyridine rings is 1. The second kappa shape index (κ2) is 8.08. The Morgan fingerprint density at radius 3 is 2.64 bits per heavy atom. The third-order valence-corrected chi connectivity index (χ3v) is 4.60. The van der Waals surface area contributed by atoms with Crippen LogP contribution in [-0.2, 0) is 6.54 Å². The number of para-hydroxylation sites is 1. The van der Waals surface area contributed by atoms with Crippen molar-refractivity contribution in [2.24, 2.45) is 0 Å². The van der Waals surface area contributed by atoms with Crippen molar-refractivity contribution in [2.45, 2.75) is 33.2 Å². The summed E-state index contributed by atoms with van der Waals surface area (Å²) in [6.07, 6.45) is 1.58. The van der Waals surface area contributed by atoms with Crippen molar-refractivity contribution in [3.8, 4) is 0 Å². The summed E-state index contributed by atoms with van der Waals surface area (Å²) in [4.78, 5) is 45.6. The standard InChI is InChI=1S/C20H23N5O3/c1-3-5-12-25-17(21)16(18(26)23-20(25)28)24(4-2)19(27)15-11-10-13-8-6-7-9-14(13)22-15/h6-11H,3-5,12,21H2,1-2H3,(H,23,26,28). The molecule has 0 aliphatic carbocycles. The summed E-state index contributed by atoms with van der Waals surface area (Å²) in [5, 5.41) is 0.910. The molecule has 0 saturated carbocycles. The van der Waals surface area contributed by atoms with Gasteiger partial charge in [-0.2, -0.15) is 0 Å². The van der Waals surface area contributed by atoms with Crippen molar-refractivity contribution in [3.05, 3.63) is 62.9 Å². The number of nitrogens with two attached hydrogens (primary N) is 1. The Bertz CT molecular complexity index is 1130. The first kappa shape index (κ1) is 19.3. The van der Waals surface area contributed by atoms with Gasteiger partial charge in [-0.3, -0.25) is 24.0 Å². The highest BCUT2D eigenvalue weighted by Gasteiger charge is 2.24. The maximum absolute atomic E-state index is 13.1. The lowest BCUT2D eigenvalue weighted by molar-refractivity contribution is 0.0983. The molecule has 0 fully saturated rings. The SMILES string of the molecule is CCCCn1c(N)c(N(CC)C(=O)c2ccc3ccccc3n2)c(=O)[nH]c1=O. The Kier molecular flexibility index (Phi) is 5.58. The largest absolute Gasteiger partial charge is 0.383 e. The van der Waals surface area contributed by atoms with Crippen LogP contribution < -0.4 is 21.9 Å². The van der Waals surface area contributed by atoms with Crippen LogP contribution in [0.1, 0.15) is 37.2 Å². The highest BCUT2D eigenvalue weighted by molar-refractivity contribution is 6.06. The third-order valence-electron chi connectivity index (χ3n) is 4.60. The van der Waals surface area contributed by atoms with Crippen LogP contribution in [-0.4, -0.2) is 27.0 Å². The van der Waals surface area contributed by atoms with Gasteiger partial charge in [-0.1, -0.05) is 37.6 Å². The van der Waals surface area contributed by atoms with E-state index in [9.17, 15) is 14.4 Å². The molecular formula is C20H23N5O3. The maximum atomic E-state index is 13.1. The number of benzene rings is 1. The van der Waals surface area contributed by atoms with E-state index in [1.54, 1.807) is 19.1 Å². The van der Waals surface area contributed by atoms with Gasteiger partial charge in [0, 0.05) is 18.5 Å². The first-order valence-electron chi connectivity index (χ1n) is 9.28. The average Bonchev–Trinajstić information content (AvgIpc) is 2.70. The summed E-state index contributed by atoms with van der Waals surface area (Å²) in [6.45, 7) is 4.29. The van der Waals surface area contributed by atoms with Gasteiger partial charge in [-0.25, -0.2) is 9.78 Å². The number of nitrogens with zero attached hydrogens (tertiary/aromatic N) is 3. The van der Waals surface area contributed by atoms with E-state index in [0.717, 1.165) is 18.2 Å². The molecule has 0 unspecified atom stereocenters. The van der Waals surface area contributed by atoms with Crippen LogP contribution in [0.3, 0.4) is 0 Å². The normalized spacial score (nSPS) is 10.9. The lowest BCUT2D eigenvalue weighted by atomic mass is 10.2. The van der Waals surface area contributed by atoms with Crippen molar-refractivity contribution in [1.29, 1.82) is 0 Å². The van der Waals surface area contributed by atoms with Crippen LogP contribution >= 0.6 is 0 Å². The molecule has 2 heterocycles. The van der Waals surface area contributed by atoms with Gasteiger partial charge in [-0.15, -0.1) is 0 Å². The van der Waals surface area contributed by atoms with Crippen molar-refractivity contribution in [2.75, 3.05) is 17.2 Å². The fourth-order valence-electron chi connectivity index (χ4n) is 3.10. The van der Waals surface area contributed by atoms with Crippen molar-refractivity contribution >= 4 is 28.3 Å². The van der Waals surface area contributed by atoms with Crippen molar-refractivity contribution in [1.82, 2.24) is 14.5 Å². The molecule has 3 rings (SSSR count). The maximum Gasteiger partial charge on any atom is 0.330 e. The number of carbonyl (C=O) groups is 1. The predicted molar refractivity (Wildman–Crippen MR) is 110 cm³/mol. The number of anilines is 2. The zero-order valence-electron chi connectivity index (χ0n) is 15.9. The van der Waals surface area contributed by atoms with E-state index in [-0.39, 0.29) is 23.7 Å². The van der Waals surface area contributed by atoms with Crippen LogP contribution in [0.2, 0.25) is 0 Å². The molecule has 0 radical (unpaired) electrons. The molecule has 28 heavy (non-hydrogen) atoms. The lowest BCUT2D eigenvalue weighted by Crippen LogP contribution is -2.41. The Labute approximate surface area is 161 Å². The number of hydrogen-bond acceptors (Lipinski definition) is 5. The molecular weight excluding hydrogens is 358 g/mol. The Balaban J connectivity index is 2.08. The number of aromatic amines is 1. The number of unbranched alkanes of at least 4 members (excludes halogenated alkanes) is 1. The van der Waals surface area contributed by atoms with E-state index in [0.29, 0.717) is 12.1 Å². The summed E-state index contributed by atoms with van der Waals surface area (Å²) in [5.74, 6) is -0.468. The number of carbonyl (C=O) groups excluding carboxylic acids is 1. The molecule has 1 amide bonds. The first-order valence-corrected chi connectivity index (χ1v) is 9.28. The topological polar surface area (TPSA) is 114 Å². The van der Waals surface area contributed by atoms with Crippen LogP contribution in [0.15, 0.2) is 46.0 Å². The van der Waals surface area contributed by atoms with Gasteiger partial charge in [0.1, 0.15) is 11.5 Å². The van der Waals surface area contributed by atoms with Crippen LogP contribution in [0.25, 0.3) is 10.9 Å². The molecule has 0 aliphatic heterocycles. The van der Waals surface area contributed by atoms with E-state index in [1.807, 2.05) is 31.2 Å². The van der Waals surface area contributed by atoms with Gasteiger partial charge in [0.15, 0.2) is 5.69 Å². The van der Waals surface area contributed by atoms with Gasteiger partial charge in [0.2, 0.25) is 0 Å². The molecule has 1 aromatic carbocycles. The number of aromatic nitrogens is 3. The summed E-state index contributed by atoms with van der Waals surface area (Å²) in [6, 6.07) is 10.9. The molecule has 8 nitrogen and oxygen atoms in total. The Morgan fingerprint density at radius 1 is 1.18 bits per heavy atom. The zero-order chi connectivity index (χ0) is 20.3. The van der Waals surface area contributed by atoms with E-state index >= 15 is 0 Å². The first-order chi connectivity index (χ1) is 13.5. The van der Waals surface area contributed by atoms with E-state index in [2.05, 4.69) is 9.97 Å². The molecule has 0 bridgehead atoms. The van der Waals surface area contributed by atoms with Crippen molar-refractivity contribution in [3.63, 3.8) is 0 Å². The molecule has 3 N–H and O–H groups in total. The monoisotopic (exact) mass is 381 g/mol. The van der Waals surface area contributed by atoms with E-state index < -0.39 is 17.2 Å². The fourth-order valence-corrected chi connectivity index (χ4v) is 3.10. The Morgan fingerprint density at radius 2 is 1.93 bits per heavy atom. The van der Waals surface area contributed by atoms with Gasteiger partial charge in [0.25, 0.3) is 11.5 Å². The number of hydrogen-bond donors (Lipinski definition) is 2. The second-order valence-electron chi connectivity index (χ2n) is 6.44. The highest BCUT2D eigenvalue weighted by Crippen LogP contribution is 2.20. The van der Waals surface area contributed by atoms with Gasteiger partial charge < -0.3 is 5.73 Å². The smallest absolute Gasteiger partial charge is 0.330 e. The minimum absolute atomic E-state index is 0.0156. The molecule has 0 aliphatic rings. The quantitative estimate of drug-likeness (QED) is 0.679. The molecule has 3 aromatic rings. The summed E-state index contributed by atoms with van der Waals surface area (Å²) in [7, 11) is 0. The fraction of sp³-hybridized carbons (Fsp3) is 0.300. The third kappa shape index (κ3) is 3.53. The summed E-state index contributed by atoms with van der Waals surface area (Å²) in [5.41, 5.74) is 5.72. The second-order valence-corrected chi connectivity index (χ2v) is 6.44. The van der Waals surface area contributed by atoms with Gasteiger partial charge >= 0.3 is 5.69 Å². The number of H-pyrrole nitrogens is 1. The zero-order valence-corrected chi connectivity index (χ0v) is 15.9. The number of rotatable bonds is 6. The minimum Gasteiger partial charge on any atom is -0.383 e. The molecule has 146 valence electrons. The number of nitrogens with one attached hydrogen (secondary N) is 1. The molecule has 0 spiro atoms. The molecule has 0 atom stereocenters. The molecule has 0 saturated heterocycles. The van der Waals surface area contributed by atoms with Crippen molar-refractivity contribution < 1.29 is 4.79 Å². The predicted octanol–water partition coefficient (Wildman–Crippen LogP) is 2.13. The van der Waals surface area contributed by atoms with Crippen LogP contribution in [0, 0.1) is 0 Å². The number of amides is 1. The average molecular weight is 381 g/mol. The Hall–Kier alpha value is -3.42. The van der Waals surface area contributed by atoms with Gasteiger partial charge in [0.05, 0.1) is 5.52 Å². The van der Waals surface area contributed by atoms with E-state index in [4.69, 9.17) is 5.73 Å². The highest BCUT2D eigenvalue weighted by atomic mass is 16.2. The summed E-state index contributed by atoms with van der Waals surface area (Å²) < 4.78 is 1.30. The summed E-state index contributed by atoms with van der Waals surface area (Å²) >= 11 is 0. The molecule has 8 heteroatoms. The lowest BCUT2D eigenvalue weighted by Gasteiger charge is -2.23. The minimum atomic E-state index is -0.689.